The molecule has 0 aliphatic heterocycles. The average Bonchev–Trinajstić information content (AvgIpc) is 2.94. The molecule has 0 saturated heterocycles. The fraction of sp³-hybridized carbons (Fsp3) is 0.368. The van der Waals surface area contributed by atoms with Crippen LogP contribution in [0.3, 0.4) is 0 Å². The van der Waals surface area contributed by atoms with E-state index in [1.165, 1.54) is 23.1 Å². The molecule has 1 aliphatic carbocycles. The fourth-order valence-corrected chi connectivity index (χ4v) is 3.14. The van der Waals surface area contributed by atoms with E-state index in [2.05, 4.69) is 37.3 Å². The second kappa shape index (κ2) is 5.78. The van der Waals surface area contributed by atoms with Gasteiger partial charge in [-0.1, -0.05) is 49.7 Å². The zero-order chi connectivity index (χ0) is 13.9. The Balaban J connectivity index is 1.81. The van der Waals surface area contributed by atoms with E-state index in [4.69, 9.17) is 0 Å². The van der Waals surface area contributed by atoms with Gasteiger partial charge < -0.3 is 0 Å². The van der Waals surface area contributed by atoms with E-state index in [1.807, 2.05) is 6.07 Å². The van der Waals surface area contributed by atoms with E-state index < -0.39 is 0 Å². The van der Waals surface area contributed by atoms with Gasteiger partial charge in [0.05, 0.1) is 0 Å². The zero-order valence-electron chi connectivity index (χ0n) is 12.1. The van der Waals surface area contributed by atoms with Crippen molar-refractivity contribution in [3.63, 3.8) is 0 Å². The third-order valence-corrected chi connectivity index (χ3v) is 4.25. The van der Waals surface area contributed by atoms with Crippen molar-refractivity contribution in [2.45, 2.75) is 45.4 Å². The molecule has 0 N–H and O–H groups in total. The summed E-state index contributed by atoms with van der Waals surface area (Å²) in [5, 5.41) is 0. The lowest BCUT2D eigenvalue weighted by molar-refractivity contribution is 0.599. The van der Waals surface area contributed by atoms with Crippen molar-refractivity contribution in [2.75, 3.05) is 0 Å². The van der Waals surface area contributed by atoms with Gasteiger partial charge in [0.15, 0.2) is 0 Å². The van der Waals surface area contributed by atoms with Crippen LogP contribution in [-0.4, -0.2) is 0 Å². The largest absolute Gasteiger partial charge is 0.206 e. The Morgan fingerprint density at radius 2 is 1.70 bits per heavy atom. The van der Waals surface area contributed by atoms with Crippen LogP contribution in [0.25, 0.3) is 0 Å². The normalized spacial score (nSPS) is 13.5. The predicted octanol–water partition coefficient (Wildman–Crippen LogP) is 4.86. The first-order chi connectivity index (χ1) is 9.78. The second-order valence-corrected chi connectivity index (χ2v) is 5.77. The number of rotatable bonds is 4. The van der Waals surface area contributed by atoms with Gasteiger partial charge in [-0.3, -0.25) is 0 Å². The molecule has 0 heterocycles. The molecule has 0 unspecified atom stereocenters. The monoisotopic (exact) mass is 268 g/mol. The van der Waals surface area contributed by atoms with E-state index in [-0.39, 0.29) is 5.82 Å². The first kappa shape index (κ1) is 13.4. The SMILES string of the molecule is CCCc1ccc(Cc2ccc3c(c2F)CCC3)cc1. The van der Waals surface area contributed by atoms with E-state index in [1.54, 1.807) is 0 Å². The van der Waals surface area contributed by atoms with Gasteiger partial charge in [-0.2, -0.15) is 0 Å². The molecular weight excluding hydrogens is 247 g/mol. The third-order valence-electron chi connectivity index (χ3n) is 4.25. The lowest BCUT2D eigenvalue weighted by Crippen LogP contribution is -1.98. The molecule has 0 saturated carbocycles. The van der Waals surface area contributed by atoms with Crippen molar-refractivity contribution in [3.8, 4) is 0 Å². The molecule has 1 aliphatic rings. The Morgan fingerprint density at radius 3 is 2.45 bits per heavy atom. The molecule has 0 aromatic heterocycles. The molecular formula is C19H21F. The number of benzene rings is 2. The van der Waals surface area contributed by atoms with Crippen molar-refractivity contribution < 1.29 is 4.39 Å². The molecule has 20 heavy (non-hydrogen) atoms. The van der Waals surface area contributed by atoms with Crippen molar-refractivity contribution in [3.05, 3.63) is 70.0 Å². The molecule has 0 atom stereocenters. The van der Waals surface area contributed by atoms with Crippen molar-refractivity contribution in [1.29, 1.82) is 0 Å². The number of halogens is 1. The third kappa shape index (κ3) is 2.63. The number of hydrogen-bond donors (Lipinski definition) is 0. The average molecular weight is 268 g/mol. The van der Waals surface area contributed by atoms with Crippen LogP contribution in [0, 0.1) is 5.82 Å². The quantitative estimate of drug-likeness (QED) is 0.743. The van der Waals surface area contributed by atoms with E-state index in [0.29, 0.717) is 6.42 Å². The van der Waals surface area contributed by atoms with Crippen LogP contribution in [0.2, 0.25) is 0 Å². The minimum absolute atomic E-state index is 0.0395. The van der Waals surface area contributed by atoms with E-state index in [0.717, 1.165) is 36.8 Å². The summed E-state index contributed by atoms with van der Waals surface area (Å²) in [4.78, 5) is 0. The van der Waals surface area contributed by atoms with Crippen molar-refractivity contribution in [1.82, 2.24) is 0 Å². The summed E-state index contributed by atoms with van der Waals surface area (Å²) >= 11 is 0. The van der Waals surface area contributed by atoms with Gasteiger partial charge >= 0.3 is 0 Å². The Bertz CT molecular complexity index is 596. The minimum atomic E-state index is 0.0395. The van der Waals surface area contributed by atoms with Crippen LogP contribution in [0.4, 0.5) is 4.39 Å². The fourth-order valence-electron chi connectivity index (χ4n) is 3.14. The van der Waals surface area contributed by atoms with Crippen molar-refractivity contribution in [2.24, 2.45) is 0 Å². The highest BCUT2D eigenvalue weighted by molar-refractivity contribution is 5.39. The van der Waals surface area contributed by atoms with Crippen molar-refractivity contribution >= 4 is 0 Å². The minimum Gasteiger partial charge on any atom is -0.206 e. The summed E-state index contributed by atoms with van der Waals surface area (Å²) in [7, 11) is 0. The van der Waals surface area contributed by atoms with Gasteiger partial charge in [0.25, 0.3) is 0 Å². The first-order valence-electron chi connectivity index (χ1n) is 7.65. The maximum atomic E-state index is 14.5. The molecule has 0 amide bonds. The van der Waals surface area contributed by atoms with Crippen LogP contribution in [0.15, 0.2) is 36.4 Å². The highest BCUT2D eigenvalue weighted by Gasteiger charge is 2.17. The van der Waals surface area contributed by atoms with Gasteiger partial charge in [0.1, 0.15) is 5.82 Å². The maximum Gasteiger partial charge on any atom is 0.130 e. The lowest BCUT2D eigenvalue weighted by Gasteiger charge is -2.09. The molecule has 0 radical (unpaired) electrons. The molecule has 3 rings (SSSR count). The van der Waals surface area contributed by atoms with Crippen LogP contribution >= 0.6 is 0 Å². The van der Waals surface area contributed by atoms with E-state index >= 15 is 0 Å². The second-order valence-electron chi connectivity index (χ2n) is 5.77. The molecule has 0 bridgehead atoms. The summed E-state index contributed by atoms with van der Waals surface area (Å²) in [6.07, 6.45) is 6.03. The van der Waals surface area contributed by atoms with Gasteiger partial charge in [0, 0.05) is 6.42 Å². The molecule has 2 aromatic rings. The summed E-state index contributed by atoms with van der Waals surface area (Å²) in [6.45, 7) is 2.19. The number of fused-ring (bicyclic) bond motifs is 1. The van der Waals surface area contributed by atoms with Gasteiger partial charge in [0.2, 0.25) is 0 Å². The predicted molar refractivity (Wildman–Crippen MR) is 81.7 cm³/mol. The van der Waals surface area contributed by atoms with E-state index in [9.17, 15) is 4.39 Å². The van der Waals surface area contributed by atoms with Crippen LogP contribution < -0.4 is 0 Å². The van der Waals surface area contributed by atoms with Gasteiger partial charge in [-0.05, 0) is 53.5 Å². The molecule has 2 aromatic carbocycles. The van der Waals surface area contributed by atoms with Gasteiger partial charge in [-0.25, -0.2) is 4.39 Å². The maximum absolute atomic E-state index is 14.5. The molecule has 104 valence electrons. The molecule has 0 fully saturated rings. The Hall–Kier alpha value is -1.63. The van der Waals surface area contributed by atoms with Gasteiger partial charge in [-0.15, -0.1) is 0 Å². The Labute approximate surface area is 120 Å². The zero-order valence-corrected chi connectivity index (χ0v) is 12.1. The summed E-state index contributed by atoms with van der Waals surface area (Å²) < 4.78 is 14.5. The summed E-state index contributed by atoms with van der Waals surface area (Å²) in [5.41, 5.74) is 5.58. The Kier molecular flexibility index (Phi) is 3.86. The van der Waals surface area contributed by atoms with Crippen LogP contribution in [0.1, 0.15) is 47.6 Å². The smallest absolute Gasteiger partial charge is 0.130 e. The summed E-state index contributed by atoms with van der Waals surface area (Å²) in [5.74, 6) is 0.0395. The van der Waals surface area contributed by atoms with Crippen LogP contribution in [0.5, 0.6) is 0 Å². The number of hydrogen-bond acceptors (Lipinski definition) is 0. The Morgan fingerprint density at radius 1 is 0.950 bits per heavy atom. The highest BCUT2D eigenvalue weighted by atomic mass is 19.1. The highest BCUT2D eigenvalue weighted by Crippen LogP contribution is 2.27. The number of aryl methyl sites for hydroxylation is 2. The molecule has 1 heteroatoms. The standard InChI is InChI=1S/C19H21F/c1-2-4-14-7-9-15(10-8-14)13-17-12-11-16-5-3-6-18(16)19(17)20/h7-12H,2-6,13H2,1H3. The molecule has 0 spiro atoms. The molecule has 0 nitrogen and oxygen atoms in total. The van der Waals surface area contributed by atoms with Crippen LogP contribution in [-0.2, 0) is 25.7 Å². The summed E-state index contributed by atoms with van der Waals surface area (Å²) in [6, 6.07) is 12.7. The first-order valence-corrected chi connectivity index (χ1v) is 7.65. The lowest BCUT2D eigenvalue weighted by atomic mass is 9.98. The topological polar surface area (TPSA) is 0 Å².